The summed E-state index contributed by atoms with van der Waals surface area (Å²) in [5, 5.41) is 2.99. The van der Waals surface area contributed by atoms with E-state index in [9.17, 15) is 4.79 Å². The molecule has 0 unspecified atom stereocenters. The van der Waals surface area contributed by atoms with Crippen LogP contribution in [0.25, 0.3) is 0 Å². The molecule has 1 amide bonds. The number of rotatable bonds is 6. The van der Waals surface area contributed by atoms with Gasteiger partial charge in [0.25, 0.3) is 5.91 Å². The Balaban J connectivity index is 1.86. The number of carbonyl (C=O) groups excluding carboxylic acids is 1. The van der Waals surface area contributed by atoms with Gasteiger partial charge < -0.3 is 10.1 Å². The van der Waals surface area contributed by atoms with Crippen LogP contribution in [0.1, 0.15) is 56.3 Å². The van der Waals surface area contributed by atoms with Crippen molar-refractivity contribution < 1.29 is 9.53 Å². The van der Waals surface area contributed by atoms with Gasteiger partial charge in [-0.1, -0.05) is 11.6 Å². The fourth-order valence-electron chi connectivity index (χ4n) is 2.56. The van der Waals surface area contributed by atoms with Gasteiger partial charge in [0.15, 0.2) is 0 Å². The molecule has 120 valence electrons. The zero-order chi connectivity index (χ0) is 15.9. The molecular formula is C18H24BrNO2. The second-order valence-corrected chi connectivity index (χ2v) is 6.78. The summed E-state index contributed by atoms with van der Waals surface area (Å²) < 4.78 is 6.46. The molecule has 0 atom stereocenters. The Bertz CT molecular complexity index is 552. The molecule has 2 rings (SSSR count). The molecule has 0 fully saturated rings. The highest BCUT2D eigenvalue weighted by atomic mass is 79.9. The first-order valence-corrected chi connectivity index (χ1v) is 8.78. The molecule has 0 heterocycles. The molecular weight excluding hydrogens is 342 g/mol. The van der Waals surface area contributed by atoms with Crippen LogP contribution in [0.15, 0.2) is 34.3 Å². The van der Waals surface area contributed by atoms with Crippen molar-refractivity contribution in [2.24, 2.45) is 0 Å². The molecule has 0 bridgehead atoms. The molecule has 0 aromatic heterocycles. The number of hydrogen-bond acceptors (Lipinski definition) is 2. The Labute approximate surface area is 141 Å². The summed E-state index contributed by atoms with van der Waals surface area (Å²) in [7, 11) is 0. The second-order valence-electron chi connectivity index (χ2n) is 5.93. The van der Waals surface area contributed by atoms with Crippen LogP contribution in [0.4, 0.5) is 0 Å². The van der Waals surface area contributed by atoms with E-state index in [1.165, 1.54) is 31.3 Å². The normalized spacial score (nSPS) is 14.6. The number of nitrogens with one attached hydrogen (secondary N) is 1. The maximum atomic E-state index is 12.2. The number of amides is 1. The molecule has 1 aromatic carbocycles. The Hall–Kier alpha value is -1.29. The summed E-state index contributed by atoms with van der Waals surface area (Å²) in [5.41, 5.74) is 2.13. The van der Waals surface area contributed by atoms with E-state index in [0.29, 0.717) is 12.1 Å². The van der Waals surface area contributed by atoms with E-state index in [4.69, 9.17) is 4.74 Å². The first-order chi connectivity index (χ1) is 10.6. The van der Waals surface area contributed by atoms with E-state index in [2.05, 4.69) is 27.3 Å². The fourth-order valence-corrected chi connectivity index (χ4v) is 3.03. The average Bonchev–Trinajstić information content (AvgIpc) is 2.50. The number of allylic oxidation sites excluding steroid dienone is 1. The lowest BCUT2D eigenvalue weighted by Crippen LogP contribution is -2.25. The predicted octanol–water partition coefficient (Wildman–Crippen LogP) is 4.86. The molecule has 1 N–H and O–H groups in total. The number of halogens is 1. The zero-order valence-corrected chi connectivity index (χ0v) is 14.9. The molecule has 0 spiro atoms. The van der Waals surface area contributed by atoms with E-state index in [-0.39, 0.29) is 12.0 Å². The molecule has 1 aliphatic rings. The van der Waals surface area contributed by atoms with Crippen molar-refractivity contribution in [2.75, 3.05) is 6.54 Å². The van der Waals surface area contributed by atoms with Crippen molar-refractivity contribution in [1.82, 2.24) is 5.32 Å². The SMILES string of the molecule is CC(C)Oc1ccc(C(=O)NCCC2=CCCCC2)cc1Br. The van der Waals surface area contributed by atoms with Gasteiger partial charge in [-0.05, 0) is 80.1 Å². The minimum absolute atomic E-state index is 0.0341. The van der Waals surface area contributed by atoms with Crippen LogP contribution in [0.5, 0.6) is 5.75 Å². The summed E-state index contributed by atoms with van der Waals surface area (Å²) in [6.45, 7) is 4.66. The van der Waals surface area contributed by atoms with E-state index in [1.54, 1.807) is 6.07 Å². The van der Waals surface area contributed by atoms with Gasteiger partial charge in [-0.15, -0.1) is 0 Å². The third kappa shape index (κ3) is 5.16. The molecule has 22 heavy (non-hydrogen) atoms. The first-order valence-electron chi connectivity index (χ1n) is 7.98. The van der Waals surface area contributed by atoms with Gasteiger partial charge in [-0.2, -0.15) is 0 Å². The van der Waals surface area contributed by atoms with Gasteiger partial charge in [-0.25, -0.2) is 0 Å². The minimum atomic E-state index is -0.0341. The maximum Gasteiger partial charge on any atom is 0.251 e. The number of carbonyl (C=O) groups is 1. The standard InChI is InChI=1S/C18H24BrNO2/c1-13(2)22-17-9-8-15(12-16(17)19)18(21)20-11-10-14-6-4-3-5-7-14/h6,8-9,12-13H,3-5,7,10-11H2,1-2H3,(H,20,21). The highest BCUT2D eigenvalue weighted by molar-refractivity contribution is 9.10. The molecule has 0 aliphatic heterocycles. The van der Waals surface area contributed by atoms with Gasteiger partial charge in [0, 0.05) is 12.1 Å². The molecule has 0 saturated heterocycles. The number of hydrogen-bond donors (Lipinski definition) is 1. The Morgan fingerprint density at radius 3 is 2.82 bits per heavy atom. The van der Waals surface area contributed by atoms with Crippen LogP contribution < -0.4 is 10.1 Å². The van der Waals surface area contributed by atoms with Gasteiger partial charge in [0.1, 0.15) is 5.75 Å². The molecule has 4 heteroatoms. The summed E-state index contributed by atoms with van der Waals surface area (Å²) in [4.78, 5) is 12.2. The third-order valence-electron chi connectivity index (χ3n) is 3.67. The first kappa shape index (κ1) is 17.1. The van der Waals surface area contributed by atoms with E-state index < -0.39 is 0 Å². The monoisotopic (exact) mass is 365 g/mol. The van der Waals surface area contributed by atoms with Crippen LogP contribution in [0.3, 0.4) is 0 Å². The average molecular weight is 366 g/mol. The maximum absolute atomic E-state index is 12.2. The topological polar surface area (TPSA) is 38.3 Å². The molecule has 1 aliphatic carbocycles. The van der Waals surface area contributed by atoms with Crippen molar-refractivity contribution in [1.29, 1.82) is 0 Å². The Morgan fingerprint density at radius 2 is 2.18 bits per heavy atom. The highest BCUT2D eigenvalue weighted by Gasteiger charge is 2.10. The quantitative estimate of drug-likeness (QED) is 0.731. The smallest absolute Gasteiger partial charge is 0.251 e. The van der Waals surface area contributed by atoms with Crippen LogP contribution in [-0.4, -0.2) is 18.6 Å². The minimum Gasteiger partial charge on any atom is -0.490 e. The van der Waals surface area contributed by atoms with Crippen LogP contribution >= 0.6 is 15.9 Å². The summed E-state index contributed by atoms with van der Waals surface area (Å²) >= 11 is 3.46. The Kier molecular flexibility index (Phi) is 6.49. The number of ether oxygens (including phenoxy) is 1. The molecule has 0 radical (unpaired) electrons. The van der Waals surface area contributed by atoms with Gasteiger partial charge in [0.05, 0.1) is 10.6 Å². The van der Waals surface area contributed by atoms with E-state index in [1.807, 2.05) is 26.0 Å². The van der Waals surface area contributed by atoms with Crippen molar-refractivity contribution in [3.05, 3.63) is 39.9 Å². The lowest BCUT2D eigenvalue weighted by atomic mass is 9.97. The Morgan fingerprint density at radius 1 is 1.36 bits per heavy atom. The highest BCUT2D eigenvalue weighted by Crippen LogP contribution is 2.27. The lowest BCUT2D eigenvalue weighted by molar-refractivity contribution is 0.0954. The second kappa shape index (κ2) is 8.37. The summed E-state index contributed by atoms with van der Waals surface area (Å²) in [6, 6.07) is 5.45. The molecule has 3 nitrogen and oxygen atoms in total. The largest absolute Gasteiger partial charge is 0.490 e. The fraction of sp³-hybridized carbons (Fsp3) is 0.500. The van der Waals surface area contributed by atoms with Crippen LogP contribution in [0.2, 0.25) is 0 Å². The van der Waals surface area contributed by atoms with Gasteiger partial charge >= 0.3 is 0 Å². The van der Waals surface area contributed by atoms with Crippen molar-refractivity contribution in [3.8, 4) is 5.75 Å². The van der Waals surface area contributed by atoms with Gasteiger partial charge in [-0.3, -0.25) is 4.79 Å². The summed E-state index contributed by atoms with van der Waals surface area (Å²) in [5.74, 6) is 0.729. The van der Waals surface area contributed by atoms with E-state index >= 15 is 0 Å². The van der Waals surface area contributed by atoms with Crippen molar-refractivity contribution in [3.63, 3.8) is 0 Å². The van der Waals surface area contributed by atoms with Gasteiger partial charge in [0.2, 0.25) is 0 Å². The molecule has 0 saturated carbocycles. The van der Waals surface area contributed by atoms with Crippen molar-refractivity contribution in [2.45, 2.75) is 52.1 Å². The molecule has 1 aromatic rings. The lowest BCUT2D eigenvalue weighted by Gasteiger charge is -2.14. The van der Waals surface area contributed by atoms with Crippen LogP contribution in [-0.2, 0) is 0 Å². The number of benzene rings is 1. The predicted molar refractivity (Wildman–Crippen MR) is 93.4 cm³/mol. The zero-order valence-electron chi connectivity index (χ0n) is 13.3. The third-order valence-corrected chi connectivity index (χ3v) is 4.29. The van der Waals surface area contributed by atoms with Crippen molar-refractivity contribution >= 4 is 21.8 Å². The summed E-state index contributed by atoms with van der Waals surface area (Å²) in [6.07, 6.45) is 8.35. The van der Waals surface area contributed by atoms with Crippen LogP contribution in [0, 0.1) is 0 Å². The van der Waals surface area contributed by atoms with E-state index in [0.717, 1.165) is 16.6 Å².